The Hall–Kier alpha value is -1.04. The van der Waals surface area contributed by atoms with Crippen LogP contribution >= 0.6 is 11.6 Å². The van der Waals surface area contributed by atoms with Gasteiger partial charge in [-0.3, -0.25) is 4.79 Å². The van der Waals surface area contributed by atoms with Gasteiger partial charge in [-0.15, -0.1) is 0 Å². The SMILES string of the molecule is CN1Cc2c(ccc(B3OC(C)(C)C(C)(C)O3)c2Cl)C1=O. The van der Waals surface area contributed by atoms with Gasteiger partial charge >= 0.3 is 7.12 Å². The molecule has 0 radical (unpaired) electrons. The second kappa shape index (κ2) is 4.48. The van der Waals surface area contributed by atoms with Crippen molar-refractivity contribution >= 4 is 30.1 Å². The lowest BCUT2D eigenvalue weighted by molar-refractivity contribution is 0.00578. The molecule has 0 N–H and O–H groups in total. The Morgan fingerprint density at radius 1 is 1.19 bits per heavy atom. The van der Waals surface area contributed by atoms with Crippen molar-refractivity contribution in [2.45, 2.75) is 45.4 Å². The molecule has 1 fully saturated rings. The van der Waals surface area contributed by atoms with Crippen molar-refractivity contribution in [2.24, 2.45) is 0 Å². The zero-order chi connectivity index (χ0) is 15.6. The number of carbonyl (C=O) groups is 1. The minimum Gasteiger partial charge on any atom is -0.399 e. The molecule has 6 heteroatoms. The fourth-order valence-electron chi connectivity index (χ4n) is 2.66. The standard InChI is InChI=1S/C15H19BClNO3/c1-14(2)15(3,4)21-16(20-14)11-7-6-9-10(12(11)17)8-18(5)13(9)19/h6-7H,8H2,1-5H3. The van der Waals surface area contributed by atoms with Crippen molar-refractivity contribution in [3.05, 3.63) is 28.3 Å². The van der Waals surface area contributed by atoms with Crippen LogP contribution in [0.25, 0.3) is 0 Å². The molecule has 0 unspecified atom stereocenters. The molecule has 0 aromatic heterocycles. The van der Waals surface area contributed by atoms with Crippen LogP contribution in [-0.2, 0) is 15.9 Å². The number of hydrogen-bond acceptors (Lipinski definition) is 3. The molecule has 3 rings (SSSR count). The van der Waals surface area contributed by atoms with Crippen LogP contribution in [0.3, 0.4) is 0 Å². The molecular weight excluding hydrogens is 288 g/mol. The fourth-order valence-corrected chi connectivity index (χ4v) is 2.97. The Kier molecular flexibility index (Phi) is 3.17. The Morgan fingerprint density at radius 3 is 2.33 bits per heavy atom. The third-order valence-corrected chi connectivity index (χ3v) is 5.20. The first-order valence-electron chi connectivity index (χ1n) is 7.06. The zero-order valence-electron chi connectivity index (χ0n) is 13.0. The molecule has 1 amide bonds. The number of hydrogen-bond donors (Lipinski definition) is 0. The van der Waals surface area contributed by atoms with Crippen LogP contribution in [0.1, 0.15) is 43.6 Å². The highest BCUT2D eigenvalue weighted by Crippen LogP contribution is 2.38. The van der Waals surface area contributed by atoms with Crippen molar-refractivity contribution < 1.29 is 14.1 Å². The molecule has 0 aliphatic carbocycles. The van der Waals surface area contributed by atoms with Crippen LogP contribution in [0.2, 0.25) is 5.02 Å². The number of benzene rings is 1. The van der Waals surface area contributed by atoms with E-state index >= 15 is 0 Å². The topological polar surface area (TPSA) is 38.8 Å². The zero-order valence-corrected chi connectivity index (χ0v) is 13.7. The van der Waals surface area contributed by atoms with Crippen LogP contribution in [-0.4, -0.2) is 36.2 Å². The molecule has 0 spiro atoms. The molecule has 0 bridgehead atoms. The highest BCUT2D eigenvalue weighted by molar-refractivity contribution is 6.66. The average Bonchev–Trinajstić information content (AvgIpc) is 2.76. The molecule has 4 nitrogen and oxygen atoms in total. The summed E-state index contributed by atoms with van der Waals surface area (Å²) >= 11 is 6.51. The predicted molar refractivity (Wildman–Crippen MR) is 83.0 cm³/mol. The first kappa shape index (κ1) is 14.9. The third kappa shape index (κ3) is 2.10. The van der Waals surface area contributed by atoms with Gasteiger partial charge in [0.05, 0.1) is 11.2 Å². The summed E-state index contributed by atoms with van der Waals surface area (Å²) in [6.45, 7) is 8.55. The van der Waals surface area contributed by atoms with Gasteiger partial charge in [0.2, 0.25) is 0 Å². The van der Waals surface area contributed by atoms with Gasteiger partial charge in [0.1, 0.15) is 0 Å². The van der Waals surface area contributed by atoms with Gasteiger partial charge in [-0.2, -0.15) is 0 Å². The van der Waals surface area contributed by atoms with Crippen LogP contribution in [0.15, 0.2) is 12.1 Å². The van der Waals surface area contributed by atoms with Gasteiger partial charge in [-0.25, -0.2) is 0 Å². The minimum absolute atomic E-state index is 0.00682. The van der Waals surface area contributed by atoms with E-state index in [1.54, 1.807) is 11.9 Å². The molecule has 2 heterocycles. The minimum atomic E-state index is -0.506. The summed E-state index contributed by atoms with van der Waals surface area (Å²) in [6, 6.07) is 3.65. The Bertz CT molecular complexity index is 614. The molecule has 112 valence electrons. The van der Waals surface area contributed by atoms with E-state index in [0.717, 1.165) is 11.0 Å². The quantitative estimate of drug-likeness (QED) is 0.747. The molecule has 2 aliphatic rings. The molecule has 1 aromatic rings. The van der Waals surface area contributed by atoms with Crippen LogP contribution in [0.5, 0.6) is 0 Å². The van der Waals surface area contributed by atoms with Gasteiger partial charge in [-0.1, -0.05) is 17.7 Å². The number of amides is 1. The van der Waals surface area contributed by atoms with Crippen LogP contribution in [0, 0.1) is 0 Å². The van der Waals surface area contributed by atoms with Crippen molar-refractivity contribution in [3.8, 4) is 0 Å². The summed E-state index contributed by atoms with van der Waals surface area (Å²) < 4.78 is 12.1. The van der Waals surface area contributed by atoms with E-state index in [1.807, 2.05) is 39.8 Å². The van der Waals surface area contributed by atoms with Gasteiger partial charge in [-0.05, 0) is 33.8 Å². The smallest absolute Gasteiger partial charge is 0.399 e. The van der Waals surface area contributed by atoms with E-state index < -0.39 is 18.3 Å². The van der Waals surface area contributed by atoms with E-state index in [4.69, 9.17) is 20.9 Å². The lowest BCUT2D eigenvalue weighted by Crippen LogP contribution is -2.41. The summed E-state index contributed by atoms with van der Waals surface area (Å²) in [6.07, 6.45) is 0. The van der Waals surface area contributed by atoms with Crippen LogP contribution in [0.4, 0.5) is 0 Å². The number of fused-ring (bicyclic) bond motifs is 1. The number of rotatable bonds is 1. The highest BCUT2D eigenvalue weighted by atomic mass is 35.5. The molecule has 0 atom stereocenters. The Balaban J connectivity index is 2.00. The van der Waals surface area contributed by atoms with E-state index in [0.29, 0.717) is 17.1 Å². The van der Waals surface area contributed by atoms with Crippen molar-refractivity contribution in [1.82, 2.24) is 4.90 Å². The summed E-state index contributed by atoms with van der Waals surface area (Å²) in [4.78, 5) is 13.6. The van der Waals surface area contributed by atoms with E-state index in [1.165, 1.54) is 0 Å². The fraction of sp³-hybridized carbons (Fsp3) is 0.533. The lowest BCUT2D eigenvalue weighted by Gasteiger charge is -2.32. The third-order valence-electron chi connectivity index (χ3n) is 4.75. The lowest BCUT2D eigenvalue weighted by atomic mass is 9.77. The molecule has 2 aliphatic heterocycles. The van der Waals surface area contributed by atoms with Crippen molar-refractivity contribution in [3.63, 3.8) is 0 Å². The maximum Gasteiger partial charge on any atom is 0.496 e. The maximum absolute atomic E-state index is 12.0. The summed E-state index contributed by atoms with van der Waals surface area (Å²) in [5.41, 5.74) is 1.50. The number of carbonyl (C=O) groups excluding carboxylic acids is 1. The molecule has 1 saturated heterocycles. The normalized spacial score (nSPS) is 22.9. The number of nitrogens with zero attached hydrogens (tertiary/aromatic N) is 1. The Labute approximate surface area is 130 Å². The second-order valence-corrected chi connectivity index (χ2v) is 7.12. The average molecular weight is 308 g/mol. The van der Waals surface area contributed by atoms with E-state index in [2.05, 4.69) is 0 Å². The first-order chi connectivity index (χ1) is 9.64. The maximum atomic E-state index is 12.0. The number of halogens is 1. The van der Waals surface area contributed by atoms with E-state index in [9.17, 15) is 4.79 Å². The Morgan fingerprint density at radius 2 is 1.76 bits per heavy atom. The van der Waals surface area contributed by atoms with Gasteiger partial charge in [0.25, 0.3) is 5.91 Å². The van der Waals surface area contributed by atoms with Crippen molar-refractivity contribution in [2.75, 3.05) is 7.05 Å². The summed E-state index contributed by atoms with van der Waals surface area (Å²) in [5.74, 6) is 0.00682. The summed E-state index contributed by atoms with van der Waals surface area (Å²) in [7, 11) is 1.27. The summed E-state index contributed by atoms with van der Waals surface area (Å²) in [5, 5.41) is 0.573. The monoisotopic (exact) mass is 307 g/mol. The first-order valence-corrected chi connectivity index (χ1v) is 7.44. The highest BCUT2D eigenvalue weighted by Gasteiger charge is 2.52. The van der Waals surface area contributed by atoms with Gasteiger partial charge in [0.15, 0.2) is 0 Å². The van der Waals surface area contributed by atoms with E-state index in [-0.39, 0.29) is 5.91 Å². The molecule has 21 heavy (non-hydrogen) atoms. The van der Waals surface area contributed by atoms with Gasteiger partial charge in [0, 0.05) is 35.2 Å². The molecular formula is C15H19BClNO3. The molecule has 1 aromatic carbocycles. The molecule has 0 saturated carbocycles. The van der Waals surface area contributed by atoms with Gasteiger partial charge < -0.3 is 14.2 Å². The second-order valence-electron chi connectivity index (χ2n) is 6.74. The van der Waals surface area contributed by atoms with Crippen LogP contribution < -0.4 is 5.46 Å². The largest absolute Gasteiger partial charge is 0.496 e. The van der Waals surface area contributed by atoms with Crippen molar-refractivity contribution in [1.29, 1.82) is 0 Å². The predicted octanol–water partition coefficient (Wildman–Crippen LogP) is 2.22.